The molecule has 10 nitrogen and oxygen atoms in total. The number of anilines is 1. The van der Waals surface area contributed by atoms with Gasteiger partial charge in [-0.05, 0) is 37.1 Å². The largest absolute Gasteiger partial charge is 0.358 e. The molecular formula is C19H22FeN3O7-. The molecule has 0 radical (unpaired) electrons. The van der Waals surface area contributed by atoms with E-state index in [4.69, 9.17) is 29.2 Å². The number of carbonyl (C=O) groups is 1. The monoisotopic (exact) mass is 460 g/mol. The fraction of sp³-hybridized carbons (Fsp3) is 0.316. The maximum Gasteiger partial charge on any atom is 0 e. The van der Waals surface area contributed by atoms with Gasteiger partial charge in [0.15, 0.2) is 6.23 Å². The standard InChI is InChI=1S/C15H19N3O4.3CO.CH3.Fe/c1-3-11-10(5-6-14(19)21-4-2)9-13(22-11)18-8-7-12(16)17-15(18)20;3*1-2;;/h5-9,11,13H,3-4H2,1-2H3,(H2,16,17,20);;;;1H3;/q;;;;-1;/b6-5+;;;;;/t11-,13-;;;;;/m1...../s1. The van der Waals surface area contributed by atoms with Crippen LogP contribution < -0.4 is 11.4 Å². The van der Waals surface area contributed by atoms with Crippen molar-refractivity contribution < 1.29 is 45.3 Å². The van der Waals surface area contributed by atoms with Crippen molar-refractivity contribution in [1.82, 2.24) is 9.55 Å². The minimum absolute atomic E-state index is 0. The Morgan fingerprint density at radius 3 is 2.33 bits per heavy atom. The fourth-order valence-corrected chi connectivity index (χ4v) is 2.17. The first-order chi connectivity index (χ1) is 13.5. The second-order valence-electron chi connectivity index (χ2n) is 4.72. The Morgan fingerprint density at radius 1 is 1.30 bits per heavy atom. The van der Waals surface area contributed by atoms with Crippen molar-refractivity contribution in [2.75, 3.05) is 12.3 Å². The summed E-state index contributed by atoms with van der Waals surface area (Å²) in [6.07, 6.45) is 6.29. The summed E-state index contributed by atoms with van der Waals surface area (Å²) in [7, 11) is 0. The van der Waals surface area contributed by atoms with Crippen LogP contribution in [0, 0.1) is 27.4 Å². The number of carbonyl (C=O) groups excluding carboxylic acids is 1. The van der Waals surface area contributed by atoms with Crippen LogP contribution in [0.5, 0.6) is 0 Å². The summed E-state index contributed by atoms with van der Waals surface area (Å²) in [5.41, 5.74) is 5.82. The van der Waals surface area contributed by atoms with Crippen molar-refractivity contribution in [3.05, 3.63) is 73.9 Å². The molecule has 2 heterocycles. The van der Waals surface area contributed by atoms with Crippen LogP contribution in [0.3, 0.4) is 0 Å². The third-order valence-electron chi connectivity index (χ3n) is 3.21. The van der Waals surface area contributed by atoms with E-state index in [0.717, 1.165) is 5.57 Å². The van der Waals surface area contributed by atoms with Gasteiger partial charge in [0.1, 0.15) is 5.82 Å². The van der Waals surface area contributed by atoms with Gasteiger partial charge < -0.3 is 22.6 Å². The summed E-state index contributed by atoms with van der Waals surface area (Å²) in [6.45, 7) is 17.5. The summed E-state index contributed by atoms with van der Waals surface area (Å²) in [6, 6.07) is 1.53. The predicted octanol–water partition coefficient (Wildman–Crippen LogP) is 1.51. The molecule has 11 heteroatoms. The van der Waals surface area contributed by atoms with Crippen molar-refractivity contribution in [3.63, 3.8) is 0 Å². The van der Waals surface area contributed by atoms with Crippen LogP contribution in [0.25, 0.3) is 0 Å². The molecule has 0 saturated heterocycles. The average Bonchev–Trinajstić information content (AvgIpc) is 3.14. The molecule has 30 heavy (non-hydrogen) atoms. The first kappa shape index (κ1) is 34.8. The van der Waals surface area contributed by atoms with E-state index in [2.05, 4.69) is 24.9 Å². The maximum absolute atomic E-state index is 11.9. The molecule has 2 rings (SSSR count). The zero-order valence-electron chi connectivity index (χ0n) is 16.6. The molecule has 164 valence electrons. The van der Waals surface area contributed by atoms with Gasteiger partial charge in [0.2, 0.25) is 0 Å². The molecule has 0 aromatic carbocycles. The molecule has 2 N–H and O–H groups in total. The zero-order chi connectivity index (χ0) is 22.1. The number of esters is 1. The molecule has 1 aliphatic rings. The van der Waals surface area contributed by atoms with E-state index in [0.29, 0.717) is 13.0 Å². The number of ether oxygens (including phenoxy) is 2. The molecule has 1 aromatic heterocycles. The van der Waals surface area contributed by atoms with Gasteiger partial charge in [-0.3, -0.25) is 4.57 Å². The first-order valence-electron chi connectivity index (χ1n) is 7.73. The normalized spacial score (nSPS) is 15.7. The molecule has 0 aliphatic carbocycles. The molecule has 0 spiro atoms. The number of nitrogen functional groups attached to an aromatic ring is 1. The Morgan fingerprint density at radius 2 is 1.87 bits per heavy atom. The van der Waals surface area contributed by atoms with Gasteiger partial charge >= 0.3 is 45.6 Å². The van der Waals surface area contributed by atoms with Gasteiger partial charge in [-0.2, -0.15) is 4.98 Å². The molecule has 0 bridgehead atoms. The Labute approximate surface area is 185 Å². The van der Waals surface area contributed by atoms with Crippen molar-refractivity contribution >= 4 is 11.8 Å². The van der Waals surface area contributed by atoms with Gasteiger partial charge in [0.05, 0.1) is 12.7 Å². The molecule has 0 amide bonds. The van der Waals surface area contributed by atoms with E-state index in [1.165, 1.54) is 22.9 Å². The summed E-state index contributed by atoms with van der Waals surface area (Å²) < 4.78 is 34.5. The van der Waals surface area contributed by atoms with Gasteiger partial charge in [-0.1, -0.05) is 6.92 Å². The third kappa shape index (κ3) is 11.4. The molecule has 0 fully saturated rings. The van der Waals surface area contributed by atoms with Gasteiger partial charge in [-0.15, -0.1) is 0 Å². The van der Waals surface area contributed by atoms with Crippen molar-refractivity contribution in [2.45, 2.75) is 32.6 Å². The minimum atomic E-state index is -0.563. The minimum Gasteiger partial charge on any atom is -0.358 e. The predicted molar refractivity (Wildman–Crippen MR) is 99.2 cm³/mol. The van der Waals surface area contributed by atoms with Crippen LogP contribution in [0.1, 0.15) is 26.5 Å². The van der Waals surface area contributed by atoms with Crippen LogP contribution in [-0.2, 0) is 45.3 Å². The molecular weight excluding hydrogens is 438 g/mol. The van der Waals surface area contributed by atoms with E-state index >= 15 is 0 Å². The van der Waals surface area contributed by atoms with Crippen LogP contribution in [0.2, 0.25) is 0 Å². The average molecular weight is 460 g/mol. The quantitative estimate of drug-likeness (QED) is 0.231. The number of rotatable bonds is 5. The van der Waals surface area contributed by atoms with Crippen LogP contribution in [0.4, 0.5) is 5.82 Å². The van der Waals surface area contributed by atoms with Crippen molar-refractivity contribution in [2.24, 2.45) is 0 Å². The number of aromatic nitrogens is 2. The van der Waals surface area contributed by atoms with E-state index in [-0.39, 0.29) is 36.4 Å². The molecule has 0 unspecified atom stereocenters. The summed E-state index contributed by atoms with van der Waals surface area (Å²) in [5.74, 6) is -0.245. The van der Waals surface area contributed by atoms with Crippen LogP contribution in [-0.4, -0.2) is 28.2 Å². The van der Waals surface area contributed by atoms with E-state index in [9.17, 15) is 9.59 Å². The topological polar surface area (TPSA) is 156 Å². The maximum atomic E-state index is 11.9. The summed E-state index contributed by atoms with van der Waals surface area (Å²) in [5, 5.41) is 0. The number of hydrogen-bond donors (Lipinski definition) is 1. The number of hydrogen-bond acceptors (Lipinski definition) is 6. The zero-order valence-corrected chi connectivity index (χ0v) is 17.7. The van der Waals surface area contributed by atoms with Crippen molar-refractivity contribution in [1.29, 1.82) is 0 Å². The molecule has 1 aliphatic heterocycles. The SMILES string of the molecule is CCOC(=O)/C=C/C1=C[C@H](n2ccc(N)nc2=O)O[C@@H]1CC.[C-]#[O+].[C-]#[O+].[C-]#[O+].[CH3-].[Fe]. The molecule has 2 atom stereocenters. The summed E-state index contributed by atoms with van der Waals surface area (Å²) >= 11 is 0. The van der Waals surface area contributed by atoms with Crippen LogP contribution in [0.15, 0.2) is 40.9 Å². The first-order valence-corrected chi connectivity index (χ1v) is 7.73. The third-order valence-corrected chi connectivity index (χ3v) is 3.21. The molecule has 1 aromatic rings. The van der Waals surface area contributed by atoms with Gasteiger partial charge in [0, 0.05) is 29.3 Å². The van der Waals surface area contributed by atoms with E-state index < -0.39 is 17.9 Å². The van der Waals surface area contributed by atoms with E-state index in [1.54, 1.807) is 19.1 Å². The number of nitrogens with zero attached hydrogens (tertiary/aromatic N) is 2. The Hall–Kier alpha value is -2.67. The second-order valence-corrected chi connectivity index (χ2v) is 4.72. The van der Waals surface area contributed by atoms with E-state index in [1.807, 2.05) is 6.92 Å². The van der Waals surface area contributed by atoms with Crippen molar-refractivity contribution in [3.8, 4) is 0 Å². The van der Waals surface area contributed by atoms with Gasteiger partial charge in [-0.25, -0.2) is 9.59 Å². The van der Waals surface area contributed by atoms with Gasteiger partial charge in [0.25, 0.3) is 0 Å². The Kier molecular flexibility index (Phi) is 24.4. The molecule has 0 saturated carbocycles. The fourth-order valence-electron chi connectivity index (χ4n) is 2.17. The summed E-state index contributed by atoms with van der Waals surface area (Å²) in [4.78, 5) is 26.9. The van der Waals surface area contributed by atoms with Crippen LogP contribution >= 0.6 is 0 Å². The number of nitrogens with two attached hydrogens (primary N) is 1. The smallest absolute Gasteiger partial charge is 0 e. The Balaban J connectivity index is -0.000000388. The Bertz CT molecular complexity index is 783. The second kappa shape index (κ2) is 21.0.